The maximum Gasteiger partial charge on any atom is 0.328 e. The van der Waals surface area contributed by atoms with E-state index in [0.29, 0.717) is 30.3 Å². The highest BCUT2D eigenvalue weighted by Crippen LogP contribution is 2.19. The Kier molecular flexibility index (Phi) is 7.40. The average molecular weight is 457 g/mol. The second-order valence-electron chi connectivity index (χ2n) is 8.31. The zero-order valence-electron chi connectivity index (χ0n) is 19.3. The lowest BCUT2D eigenvalue weighted by Gasteiger charge is -2.32. The van der Waals surface area contributed by atoms with Crippen LogP contribution in [0.1, 0.15) is 25.3 Å². The lowest BCUT2D eigenvalue weighted by atomic mass is 10.3. The van der Waals surface area contributed by atoms with Crippen LogP contribution in [-0.4, -0.2) is 87.3 Å². The van der Waals surface area contributed by atoms with Gasteiger partial charge in [-0.15, -0.1) is 0 Å². The third kappa shape index (κ3) is 5.79. The molecule has 0 amide bonds. The van der Waals surface area contributed by atoms with Crippen molar-refractivity contribution in [1.29, 1.82) is 0 Å². The molecule has 3 N–H and O–H groups in total. The number of pyridine rings is 1. The maximum atomic E-state index is 12.5. The number of fused-ring (bicyclic) bond motifs is 1. The van der Waals surface area contributed by atoms with Crippen LogP contribution in [0.25, 0.3) is 11.2 Å². The lowest BCUT2D eigenvalue weighted by molar-refractivity contribution is 0.132. The van der Waals surface area contributed by atoms with Gasteiger partial charge in [-0.2, -0.15) is 9.97 Å². The molecule has 11 nitrogen and oxygen atoms in total. The first-order chi connectivity index (χ1) is 16.0. The Morgan fingerprint density at radius 3 is 2.67 bits per heavy atom. The summed E-state index contributed by atoms with van der Waals surface area (Å²) in [5.74, 6) is 0.752. The normalized spacial score (nSPS) is 15.2. The number of aromatic amines is 1. The van der Waals surface area contributed by atoms with E-state index in [-0.39, 0.29) is 24.1 Å². The van der Waals surface area contributed by atoms with Gasteiger partial charge in [-0.3, -0.25) is 9.47 Å². The molecule has 0 saturated carbocycles. The van der Waals surface area contributed by atoms with E-state index in [0.717, 1.165) is 51.1 Å². The highest BCUT2D eigenvalue weighted by molar-refractivity contribution is 5.81. The number of nitrogens with one attached hydrogen (secondary N) is 1. The van der Waals surface area contributed by atoms with Gasteiger partial charge in [0.1, 0.15) is 12.1 Å². The van der Waals surface area contributed by atoms with Crippen molar-refractivity contribution in [3.05, 3.63) is 34.4 Å². The largest absolute Gasteiger partial charge is 0.476 e. The molecule has 11 heteroatoms. The standard InChI is InChI=1S/C22H32N8O3/c1-3-4-12-33-21-26-19(23)18-20(27-21)30(22(31)25-18)15-16-5-6-17(24-14-16)32-13-11-29-9-7-28(2)8-10-29/h5-6,14H,3-4,7-13,15H2,1-2H3,(H,25,31)(H2,23,26,27). The van der Waals surface area contributed by atoms with Crippen molar-refractivity contribution in [1.82, 2.24) is 34.3 Å². The molecule has 0 spiro atoms. The Labute approximate surface area is 192 Å². The van der Waals surface area contributed by atoms with Gasteiger partial charge < -0.3 is 25.1 Å². The first kappa shape index (κ1) is 23.0. The molecular weight excluding hydrogens is 424 g/mol. The van der Waals surface area contributed by atoms with Crippen molar-refractivity contribution in [2.24, 2.45) is 0 Å². The lowest BCUT2D eigenvalue weighted by Crippen LogP contribution is -2.45. The molecular formula is C22H32N8O3. The number of nitrogen functional groups attached to an aromatic ring is 1. The van der Waals surface area contributed by atoms with E-state index in [4.69, 9.17) is 15.2 Å². The van der Waals surface area contributed by atoms with E-state index in [2.05, 4.69) is 43.7 Å². The van der Waals surface area contributed by atoms with Crippen LogP contribution in [0.2, 0.25) is 0 Å². The van der Waals surface area contributed by atoms with Crippen LogP contribution in [0.4, 0.5) is 5.82 Å². The van der Waals surface area contributed by atoms with Crippen LogP contribution in [-0.2, 0) is 6.54 Å². The van der Waals surface area contributed by atoms with Crippen LogP contribution >= 0.6 is 0 Å². The van der Waals surface area contributed by atoms with Gasteiger partial charge in [-0.05, 0) is 19.0 Å². The second-order valence-corrected chi connectivity index (χ2v) is 8.31. The monoisotopic (exact) mass is 456 g/mol. The summed E-state index contributed by atoms with van der Waals surface area (Å²) < 4.78 is 12.9. The fraction of sp³-hybridized carbons (Fsp3) is 0.545. The van der Waals surface area contributed by atoms with Gasteiger partial charge in [0.15, 0.2) is 11.5 Å². The van der Waals surface area contributed by atoms with E-state index in [1.54, 1.807) is 6.20 Å². The number of H-pyrrole nitrogens is 1. The number of hydrogen-bond acceptors (Lipinski definition) is 9. The number of rotatable bonds is 10. The predicted molar refractivity (Wildman–Crippen MR) is 126 cm³/mol. The SMILES string of the molecule is CCCCOc1nc(N)c2[nH]c(=O)n(Cc3ccc(OCCN4CCN(C)CC4)nc3)c2n1. The van der Waals surface area contributed by atoms with Gasteiger partial charge in [0, 0.05) is 45.0 Å². The Hall–Kier alpha value is -3.18. The molecule has 1 saturated heterocycles. The number of imidazole rings is 1. The molecule has 0 aliphatic carbocycles. The van der Waals surface area contributed by atoms with Crippen molar-refractivity contribution in [2.75, 3.05) is 58.7 Å². The Balaban J connectivity index is 1.39. The van der Waals surface area contributed by atoms with E-state index >= 15 is 0 Å². The van der Waals surface area contributed by atoms with Crippen molar-refractivity contribution in [3.63, 3.8) is 0 Å². The Morgan fingerprint density at radius 1 is 1.12 bits per heavy atom. The highest BCUT2D eigenvalue weighted by atomic mass is 16.5. The molecule has 1 aliphatic rings. The van der Waals surface area contributed by atoms with Gasteiger partial charge in [-0.1, -0.05) is 19.4 Å². The summed E-state index contributed by atoms with van der Waals surface area (Å²) in [5.41, 5.74) is 7.35. The number of piperazine rings is 1. The van der Waals surface area contributed by atoms with Gasteiger partial charge in [-0.25, -0.2) is 9.78 Å². The van der Waals surface area contributed by atoms with Crippen LogP contribution in [0.5, 0.6) is 11.9 Å². The van der Waals surface area contributed by atoms with Crippen molar-refractivity contribution < 1.29 is 9.47 Å². The second kappa shape index (κ2) is 10.6. The number of nitrogens with zero attached hydrogens (tertiary/aromatic N) is 6. The topological polar surface area (TPSA) is 127 Å². The molecule has 0 radical (unpaired) electrons. The molecule has 0 unspecified atom stereocenters. The van der Waals surface area contributed by atoms with Crippen LogP contribution in [0.15, 0.2) is 23.1 Å². The van der Waals surface area contributed by atoms with Crippen LogP contribution < -0.4 is 20.9 Å². The summed E-state index contributed by atoms with van der Waals surface area (Å²) in [6.45, 7) is 8.63. The quantitative estimate of drug-likeness (QED) is 0.429. The molecule has 0 bridgehead atoms. The van der Waals surface area contributed by atoms with E-state index in [1.165, 1.54) is 4.57 Å². The number of unbranched alkanes of at least 4 members (excludes halogenated alkanes) is 1. The third-order valence-electron chi connectivity index (χ3n) is 5.75. The maximum absolute atomic E-state index is 12.5. The average Bonchev–Trinajstić information content (AvgIpc) is 3.12. The zero-order chi connectivity index (χ0) is 23.2. The highest BCUT2D eigenvalue weighted by Gasteiger charge is 2.16. The molecule has 1 aliphatic heterocycles. The summed E-state index contributed by atoms with van der Waals surface area (Å²) >= 11 is 0. The number of likely N-dealkylation sites (N-methyl/N-ethyl adjacent to an activating group) is 1. The molecule has 0 atom stereocenters. The zero-order valence-corrected chi connectivity index (χ0v) is 19.3. The van der Waals surface area contributed by atoms with E-state index in [1.807, 2.05) is 12.1 Å². The minimum Gasteiger partial charge on any atom is -0.476 e. The van der Waals surface area contributed by atoms with Crippen LogP contribution in [0.3, 0.4) is 0 Å². The fourth-order valence-corrected chi connectivity index (χ4v) is 3.67. The van der Waals surface area contributed by atoms with E-state index < -0.39 is 0 Å². The molecule has 1 fully saturated rings. The minimum absolute atomic E-state index is 0.170. The predicted octanol–water partition coefficient (Wildman–Crippen LogP) is 0.950. The van der Waals surface area contributed by atoms with Crippen molar-refractivity contribution >= 4 is 17.0 Å². The Morgan fingerprint density at radius 2 is 1.94 bits per heavy atom. The number of anilines is 1. The molecule has 3 aromatic rings. The first-order valence-electron chi connectivity index (χ1n) is 11.4. The summed E-state index contributed by atoms with van der Waals surface area (Å²) in [7, 11) is 2.14. The smallest absolute Gasteiger partial charge is 0.328 e. The summed E-state index contributed by atoms with van der Waals surface area (Å²) in [6, 6.07) is 3.89. The van der Waals surface area contributed by atoms with Gasteiger partial charge in [0.2, 0.25) is 5.88 Å². The van der Waals surface area contributed by atoms with Crippen LogP contribution in [0, 0.1) is 0 Å². The number of ether oxygens (including phenoxy) is 2. The first-order valence-corrected chi connectivity index (χ1v) is 11.4. The molecule has 33 heavy (non-hydrogen) atoms. The number of aromatic nitrogens is 5. The van der Waals surface area contributed by atoms with Gasteiger partial charge in [0.05, 0.1) is 13.2 Å². The third-order valence-corrected chi connectivity index (χ3v) is 5.75. The van der Waals surface area contributed by atoms with E-state index in [9.17, 15) is 4.79 Å². The van der Waals surface area contributed by atoms with Gasteiger partial charge in [0.25, 0.3) is 0 Å². The summed E-state index contributed by atoms with van der Waals surface area (Å²) in [6.07, 6.45) is 3.59. The van der Waals surface area contributed by atoms with Gasteiger partial charge >= 0.3 is 11.7 Å². The number of hydrogen-bond donors (Lipinski definition) is 2. The fourth-order valence-electron chi connectivity index (χ4n) is 3.67. The summed E-state index contributed by atoms with van der Waals surface area (Å²) in [4.78, 5) is 32.9. The molecule has 4 heterocycles. The Bertz CT molecular complexity index is 1100. The molecule has 0 aromatic carbocycles. The molecule has 3 aromatic heterocycles. The molecule has 178 valence electrons. The summed E-state index contributed by atoms with van der Waals surface area (Å²) in [5, 5.41) is 0. The van der Waals surface area contributed by atoms with Crippen molar-refractivity contribution in [2.45, 2.75) is 26.3 Å². The molecule has 4 rings (SSSR count). The van der Waals surface area contributed by atoms with Crippen molar-refractivity contribution in [3.8, 4) is 11.9 Å². The number of nitrogens with two attached hydrogens (primary N) is 1. The minimum atomic E-state index is -0.316.